The van der Waals surface area contributed by atoms with Gasteiger partial charge in [-0.1, -0.05) is 0 Å². The predicted molar refractivity (Wildman–Crippen MR) is 75.0 cm³/mol. The Bertz CT molecular complexity index is 518. The molecule has 0 radical (unpaired) electrons. The molecule has 20 heavy (non-hydrogen) atoms. The van der Waals surface area contributed by atoms with Crippen LogP contribution in [-0.2, 0) is 9.53 Å². The molecule has 2 atom stereocenters. The van der Waals surface area contributed by atoms with Gasteiger partial charge in [-0.05, 0) is 38.3 Å². The molecule has 0 saturated carbocycles. The summed E-state index contributed by atoms with van der Waals surface area (Å²) in [7, 11) is 0. The minimum atomic E-state index is 0.0465. The van der Waals surface area contributed by atoms with Crippen LogP contribution in [0.2, 0.25) is 0 Å². The Balaban J connectivity index is 1.84. The summed E-state index contributed by atoms with van der Waals surface area (Å²) in [5.74, 6) is 0.789. The first-order valence-electron chi connectivity index (χ1n) is 7.17. The summed E-state index contributed by atoms with van der Waals surface area (Å²) in [5.41, 5.74) is 1.84. The highest BCUT2D eigenvalue weighted by Crippen LogP contribution is 2.33. The largest absolute Gasteiger partial charge is 0.474 e. The summed E-state index contributed by atoms with van der Waals surface area (Å²) in [6, 6.07) is 1.97. The van der Waals surface area contributed by atoms with E-state index >= 15 is 0 Å². The van der Waals surface area contributed by atoms with Gasteiger partial charge >= 0.3 is 0 Å². The molecule has 1 aromatic heterocycles. The van der Waals surface area contributed by atoms with Crippen LogP contribution in [0.4, 0.5) is 5.69 Å². The second-order valence-electron chi connectivity index (χ2n) is 5.58. The van der Waals surface area contributed by atoms with E-state index in [0.29, 0.717) is 25.6 Å². The van der Waals surface area contributed by atoms with Gasteiger partial charge in [-0.3, -0.25) is 4.79 Å². The third-order valence-corrected chi connectivity index (χ3v) is 3.91. The molecule has 0 bridgehead atoms. The van der Waals surface area contributed by atoms with Crippen molar-refractivity contribution >= 4 is 11.6 Å². The number of pyridine rings is 1. The first-order valence-corrected chi connectivity index (χ1v) is 7.17. The highest BCUT2D eigenvalue weighted by molar-refractivity contribution is 5.96. The first kappa shape index (κ1) is 13.4. The van der Waals surface area contributed by atoms with E-state index in [1.165, 1.54) is 0 Å². The fourth-order valence-electron chi connectivity index (χ4n) is 2.87. The number of carbonyl (C=O) groups is 1. The fourth-order valence-corrected chi connectivity index (χ4v) is 2.87. The topological polar surface area (TPSA) is 51.7 Å². The van der Waals surface area contributed by atoms with Gasteiger partial charge in [0.25, 0.3) is 0 Å². The second kappa shape index (κ2) is 5.40. The van der Waals surface area contributed by atoms with Crippen molar-refractivity contribution in [2.45, 2.75) is 32.8 Å². The lowest BCUT2D eigenvalue weighted by atomic mass is 9.94. The highest BCUT2D eigenvalue weighted by Gasteiger charge is 2.33. The van der Waals surface area contributed by atoms with Crippen LogP contribution in [0.25, 0.3) is 0 Å². The molecule has 1 aromatic rings. The zero-order valence-corrected chi connectivity index (χ0v) is 12.0. The molecule has 3 rings (SSSR count). The van der Waals surface area contributed by atoms with Crippen LogP contribution in [0.15, 0.2) is 12.3 Å². The zero-order chi connectivity index (χ0) is 14.1. The fraction of sp³-hybridized carbons (Fsp3) is 0.600. The van der Waals surface area contributed by atoms with Crippen LogP contribution < -0.4 is 9.64 Å². The van der Waals surface area contributed by atoms with Gasteiger partial charge in [0, 0.05) is 18.7 Å². The normalized spacial score (nSPS) is 25.8. The van der Waals surface area contributed by atoms with E-state index < -0.39 is 0 Å². The monoisotopic (exact) mass is 276 g/mol. The van der Waals surface area contributed by atoms with Crippen LogP contribution in [0.3, 0.4) is 0 Å². The molecule has 3 heterocycles. The van der Waals surface area contributed by atoms with E-state index in [0.717, 1.165) is 24.1 Å². The van der Waals surface area contributed by atoms with Crippen LogP contribution in [0.5, 0.6) is 5.88 Å². The lowest BCUT2D eigenvalue weighted by molar-refractivity contribution is -0.127. The molecule has 1 fully saturated rings. The summed E-state index contributed by atoms with van der Waals surface area (Å²) in [5, 5.41) is 0. The standard InChI is InChI=1S/C15H20N2O3/c1-10-7-13-14(16-9-10)20-6-4-17(13)15(18)12-3-5-19-11(2)8-12/h7,9,11-12H,3-6,8H2,1-2H3/t11-,12-/m1/s1. The smallest absolute Gasteiger partial charge is 0.238 e. The predicted octanol–water partition coefficient (Wildman–Crippen LogP) is 1.93. The van der Waals surface area contributed by atoms with Crippen LogP contribution in [0.1, 0.15) is 25.3 Å². The molecule has 0 aliphatic carbocycles. The number of aromatic nitrogens is 1. The van der Waals surface area contributed by atoms with Gasteiger partial charge in [0.05, 0.1) is 12.6 Å². The van der Waals surface area contributed by atoms with Gasteiger partial charge in [0.15, 0.2) is 0 Å². The van der Waals surface area contributed by atoms with Crippen molar-refractivity contribution in [3.8, 4) is 5.88 Å². The zero-order valence-electron chi connectivity index (χ0n) is 12.0. The van der Waals surface area contributed by atoms with Gasteiger partial charge in [-0.2, -0.15) is 0 Å². The number of anilines is 1. The van der Waals surface area contributed by atoms with E-state index in [2.05, 4.69) is 4.98 Å². The van der Waals surface area contributed by atoms with Crippen molar-refractivity contribution in [1.29, 1.82) is 0 Å². The number of rotatable bonds is 1. The number of ether oxygens (including phenoxy) is 2. The van der Waals surface area contributed by atoms with E-state index in [1.807, 2.05) is 24.8 Å². The van der Waals surface area contributed by atoms with E-state index in [1.54, 1.807) is 6.20 Å². The number of nitrogens with zero attached hydrogens (tertiary/aromatic N) is 2. The number of carbonyl (C=O) groups excluding carboxylic acids is 1. The molecule has 1 saturated heterocycles. The van der Waals surface area contributed by atoms with Crippen LogP contribution in [0, 0.1) is 12.8 Å². The molecule has 5 nitrogen and oxygen atoms in total. The Hall–Kier alpha value is -1.62. The van der Waals surface area contributed by atoms with E-state index in [-0.39, 0.29) is 17.9 Å². The molecule has 5 heteroatoms. The molecular formula is C15H20N2O3. The van der Waals surface area contributed by atoms with E-state index in [4.69, 9.17) is 9.47 Å². The third-order valence-electron chi connectivity index (χ3n) is 3.91. The molecular weight excluding hydrogens is 256 g/mol. The number of aryl methyl sites for hydroxylation is 1. The Morgan fingerprint density at radius 1 is 1.45 bits per heavy atom. The molecule has 0 unspecified atom stereocenters. The molecule has 2 aliphatic rings. The van der Waals surface area contributed by atoms with Crippen molar-refractivity contribution in [1.82, 2.24) is 4.98 Å². The number of amides is 1. The Morgan fingerprint density at radius 3 is 3.10 bits per heavy atom. The maximum atomic E-state index is 12.8. The van der Waals surface area contributed by atoms with Crippen molar-refractivity contribution in [2.75, 3.05) is 24.7 Å². The maximum Gasteiger partial charge on any atom is 0.238 e. The van der Waals surface area contributed by atoms with Crippen LogP contribution in [-0.4, -0.2) is 36.8 Å². The van der Waals surface area contributed by atoms with Gasteiger partial charge in [0.1, 0.15) is 12.3 Å². The SMILES string of the molecule is Cc1cnc2c(c1)N(C(=O)[C@@H]1CCO[C@H](C)C1)CCO2. The molecule has 0 N–H and O–H groups in total. The summed E-state index contributed by atoms with van der Waals surface area (Å²) in [6.45, 7) is 5.77. The lowest BCUT2D eigenvalue weighted by Crippen LogP contribution is -2.44. The highest BCUT2D eigenvalue weighted by atomic mass is 16.5. The van der Waals surface area contributed by atoms with Crippen LogP contribution >= 0.6 is 0 Å². The molecule has 0 aromatic carbocycles. The van der Waals surface area contributed by atoms with Gasteiger partial charge in [-0.25, -0.2) is 4.98 Å². The number of fused-ring (bicyclic) bond motifs is 1. The molecule has 1 amide bonds. The maximum absolute atomic E-state index is 12.8. The summed E-state index contributed by atoms with van der Waals surface area (Å²) in [4.78, 5) is 18.9. The Morgan fingerprint density at radius 2 is 2.30 bits per heavy atom. The van der Waals surface area contributed by atoms with Crippen molar-refractivity contribution in [3.05, 3.63) is 17.8 Å². The first-order chi connectivity index (χ1) is 9.65. The van der Waals surface area contributed by atoms with Crippen molar-refractivity contribution in [3.63, 3.8) is 0 Å². The summed E-state index contributed by atoms with van der Waals surface area (Å²) < 4.78 is 11.1. The van der Waals surface area contributed by atoms with E-state index in [9.17, 15) is 4.79 Å². The summed E-state index contributed by atoms with van der Waals surface area (Å²) >= 11 is 0. The van der Waals surface area contributed by atoms with Crippen molar-refractivity contribution in [2.24, 2.45) is 5.92 Å². The average Bonchev–Trinajstić information content (AvgIpc) is 2.46. The minimum Gasteiger partial charge on any atom is -0.474 e. The Kier molecular flexibility index (Phi) is 3.61. The number of hydrogen-bond donors (Lipinski definition) is 0. The number of hydrogen-bond acceptors (Lipinski definition) is 4. The third kappa shape index (κ3) is 2.50. The average molecular weight is 276 g/mol. The van der Waals surface area contributed by atoms with Gasteiger partial charge in [-0.15, -0.1) is 0 Å². The van der Waals surface area contributed by atoms with Crippen molar-refractivity contribution < 1.29 is 14.3 Å². The van der Waals surface area contributed by atoms with Gasteiger partial charge in [0.2, 0.25) is 11.8 Å². The molecule has 0 spiro atoms. The minimum absolute atomic E-state index is 0.0465. The molecule has 108 valence electrons. The quantitative estimate of drug-likeness (QED) is 0.786. The second-order valence-corrected chi connectivity index (χ2v) is 5.58. The van der Waals surface area contributed by atoms with Gasteiger partial charge < -0.3 is 14.4 Å². The lowest BCUT2D eigenvalue weighted by Gasteiger charge is -2.34. The summed E-state index contributed by atoms with van der Waals surface area (Å²) in [6.07, 6.45) is 3.53. The Labute approximate surface area is 118 Å². The molecule has 2 aliphatic heterocycles.